The first-order valence-corrected chi connectivity index (χ1v) is 18.3. The van der Waals surface area contributed by atoms with Crippen LogP contribution in [0.1, 0.15) is 84.9 Å². The van der Waals surface area contributed by atoms with Gasteiger partial charge in [0.05, 0.1) is 36.5 Å². The summed E-state index contributed by atoms with van der Waals surface area (Å²) in [5.74, 6) is -1.74. The van der Waals surface area contributed by atoms with Crippen LogP contribution in [0, 0.1) is 0 Å². The third kappa shape index (κ3) is 17.4. The van der Waals surface area contributed by atoms with Crippen LogP contribution in [0.4, 0.5) is 0 Å². The fourth-order valence-electron chi connectivity index (χ4n) is 5.04. The summed E-state index contributed by atoms with van der Waals surface area (Å²) >= 11 is 0. The summed E-state index contributed by atoms with van der Waals surface area (Å²) in [6, 6.07) is 16.7. The van der Waals surface area contributed by atoms with E-state index >= 15 is 0 Å². The molecule has 0 heterocycles. The fraction of sp³-hybridized carbons (Fsp3) is 0.381. The highest BCUT2D eigenvalue weighted by atomic mass is 16.6. The zero-order chi connectivity index (χ0) is 39.8. The summed E-state index contributed by atoms with van der Waals surface area (Å²) in [5, 5.41) is 30.1. The van der Waals surface area contributed by atoms with Gasteiger partial charge < -0.3 is 43.7 Å². The average molecular weight is 763 g/mol. The molecule has 0 saturated heterocycles. The number of hydrogen-bond acceptors (Lipinski definition) is 13. The second kappa shape index (κ2) is 24.6. The van der Waals surface area contributed by atoms with Gasteiger partial charge in [-0.2, -0.15) is 0 Å². The highest BCUT2D eigenvalue weighted by Gasteiger charge is 2.15. The molecule has 55 heavy (non-hydrogen) atoms. The molecular weight excluding hydrogens is 712 g/mol. The van der Waals surface area contributed by atoms with Gasteiger partial charge >= 0.3 is 23.9 Å². The minimum atomic E-state index is -0.699. The monoisotopic (exact) mass is 762 g/mol. The van der Waals surface area contributed by atoms with Crippen LogP contribution < -0.4 is 18.9 Å². The number of phenols is 1. The van der Waals surface area contributed by atoms with Crippen LogP contribution in [0.3, 0.4) is 0 Å². The first kappa shape index (κ1) is 43.7. The van der Waals surface area contributed by atoms with Gasteiger partial charge in [-0.15, -0.1) is 0 Å². The largest absolute Gasteiger partial charge is 0.504 e. The molecule has 2 atom stereocenters. The topological polar surface area (TPSA) is 184 Å². The number of unbranched alkanes of at least 4 members (excludes halogenated alkanes) is 6. The van der Waals surface area contributed by atoms with Crippen molar-refractivity contribution in [2.75, 3.05) is 26.4 Å². The number of esters is 4. The second-order valence-corrected chi connectivity index (χ2v) is 12.5. The van der Waals surface area contributed by atoms with Crippen molar-refractivity contribution in [2.45, 2.75) is 76.4 Å². The molecule has 0 bridgehead atoms. The number of aliphatic hydroxyl groups excluding tert-OH is 2. The molecule has 0 spiro atoms. The standard InChI is InChI=1S/C42H50O13/c1-3-39(46)52-28-32(43)13-9-5-7-11-25-50-34-19-15-30(16-20-34)41(48)54-36-23-24-38(37(45)27-36)55-42(49)31-17-21-35(22-18-31)51-26-12-8-6-10-14-33(44)29-53-40(47)4-2/h3-4,15-24,27,32-33,43-45H,1-2,5-14,25-26,28-29H2. The second-order valence-electron chi connectivity index (χ2n) is 12.5. The van der Waals surface area contributed by atoms with E-state index in [4.69, 9.17) is 28.4 Å². The van der Waals surface area contributed by atoms with Crippen LogP contribution in [0.5, 0.6) is 28.7 Å². The Labute approximate surface area is 321 Å². The number of aliphatic hydroxyl groups is 2. The maximum Gasteiger partial charge on any atom is 0.343 e. The maximum atomic E-state index is 12.7. The Morgan fingerprint density at radius 2 is 0.982 bits per heavy atom. The third-order valence-corrected chi connectivity index (χ3v) is 8.09. The molecule has 13 heteroatoms. The molecule has 0 aliphatic carbocycles. The molecule has 0 fully saturated rings. The molecule has 296 valence electrons. The average Bonchev–Trinajstić information content (AvgIpc) is 3.19. The molecule has 0 saturated carbocycles. The predicted molar refractivity (Wildman–Crippen MR) is 202 cm³/mol. The molecule has 0 aromatic heterocycles. The Morgan fingerprint density at radius 1 is 0.564 bits per heavy atom. The summed E-state index contributed by atoms with van der Waals surface area (Å²) in [5.41, 5.74) is 0.510. The van der Waals surface area contributed by atoms with Crippen LogP contribution in [0.25, 0.3) is 0 Å². The Morgan fingerprint density at radius 3 is 1.42 bits per heavy atom. The Bertz CT molecular complexity index is 1670. The van der Waals surface area contributed by atoms with Crippen molar-refractivity contribution in [3.8, 4) is 28.7 Å². The summed E-state index contributed by atoms with van der Waals surface area (Å²) in [6.45, 7) is 7.49. The van der Waals surface area contributed by atoms with Gasteiger partial charge in [-0.25, -0.2) is 19.2 Å². The zero-order valence-corrected chi connectivity index (χ0v) is 30.9. The summed E-state index contributed by atoms with van der Waals surface area (Å²) in [7, 11) is 0. The molecule has 3 aromatic rings. The summed E-state index contributed by atoms with van der Waals surface area (Å²) < 4.78 is 31.8. The van der Waals surface area contributed by atoms with Crippen LogP contribution in [0.2, 0.25) is 0 Å². The van der Waals surface area contributed by atoms with E-state index in [1.54, 1.807) is 48.5 Å². The van der Waals surface area contributed by atoms with Gasteiger partial charge in [-0.3, -0.25) is 0 Å². The number of carbonyl (C=O) groups excluding carboxylic acids is 4. The van der Waals surface area contributed by atoms with Crippen molar-refractivity contribution >= 4 is 23.9 Å². The molecule has 0 amide bonds. The number of benzene rings is 3. The molecule has 3 rings (SSSR count). The van der Waals surface area contributed by atoms with Crippen LogP contribution >= 0.6 is 0 Å². The number of carbonyl (C=O) groups is 4. The highest BCUT2D eigenvalue weighted by molar-refractivity contribution is 5.92. The van der Waals surface area contributed by atoms with E-state index in [0.717, 1.165) is 63.5 Å². The van der Waals surface area contributed by atoms with Gasteiger partial charge in [0.15, 0.2) is 11.5 Å². The van der Waals surface area contributed by atoms with Gasteiger partial charge in [0.25, 0.3) is 0 Å². The van der Waals surface area contributed by atoms with Gasteiger partial charge in [0.2, 0.25) is 0 Å². The zero-order valence-electron chi connectivity index (χ0n) is 30.9. The van der Waals surface area contributed by atoms with Gasteiger partial charge in [0.1, 0.15) is 30.5 Å². The van der Waals surface area contributed by atoms with Crippen molar-refractivity contribution in [1.82, 2.24) is 0 Å². The quantitative estimate of drug-likeness (QED) is 0.0341. The smallest absolute Gasteiger partial charge is 0.343 e. The van der Waals surface area contributed by atoms with E-state index in [-0.39, 0.29) is 35.8 Å². The van der Waals surface area contributed by atoms with Crippen LogP contribution in [0.15, 0.2) is 92.0 Å². The van der Waals surface area contributed by atoms with Crippen molar-refractivity contribution in [3.63, 3.8) is 0 Å². The molecule has 2 unspecified atom stereocenters. The van der Waals surface area contributed by atoms with Gasteiger partial charge in [-0.05, 0) is 86.3 Å². The number of ether oxygens (including phenoxy) is 6. The lowest BCUT2D eigenvalue weighted by Crippen LogP contribution is -2.17. The predicted octanol–water partition coefficient (Wildman–Crippen LogP) is 6.67. The van der Waals surface area contributed by atoms with Crippen LogP contribution in [-0.4, -0.2) is 77.8 Å². The number of hydrogen-bond donors (Lipinski definition) is 3. The van der Waals surface area contributed by atoms with E-state index in [9.17, 15) is 34.5 Å². The first-order chi connectivity index (χ1) is 26.6. The minimum Gasteiger partial charge on any atom is -0.504 e. The Hall–Kier alpha value is -5.66. The molecular formula is C42H50O13. The molecule has 0 radical (unpaired) electrons. The lowest BCUT2D eigenvalue weighted by atomic mass is 10.1. The van der Waals surface area contributed by atoms with Crippen LogP contribution in [-0.2, 0) is 19.1 Å². The number of rotatable bonds is 26. The minimum absolute atomic E-state index is 0.0425. The molecule has 0 aliphatic rings. The third-order valence-electron chi connectivity index (χ3n) is 8.09. The van der Waals surface area contributed by atoms with E-state index in [1.165, 1.54) is 18.2 Å². The van der Waals surface area contributed by atoms with Gasteiger partial charge in [0, 0.05) is 18.2 Å². The van der Waals surface area contributed by atoms with E-state index in [0.29, 0.717) is 37.6 Å². The summed E-state index contributed by atoms with van der Waals surface area (Å²) in [6.07, 6.45) is 8.55. The van der Waals surface area contributed by atoms with E-state index in [1.807, 2.05) is 0 Å². The van der Waals surface area contributed by atoms with Gasteiger partial charge in [-0.1, -0.05) is 51.7 Å². The molecule has 0 aliphatic heterocycles. The highest BCUT2D eigenvalue weighted by Crippen LogP contribution is 2.31. The Balaban J connectivity index is 1.31. The van der Waals surface area contributed by atoms with Crippen molar-refractivity contribution < 1.29 is 62.9 Å². The number of aromatic hydroxyl groups is 1. The normalized spacial score (nSPS) is 11.7. The lowest BCUT2D eigenvalue weighted by Gasteiger charge is -2.11. The SMILES string of the molecule is C=CC(=O)OCC(O)CCCCCCOc1ccc(C(=O)Oc2ccc(OC(=O)c3ccc(OCCCCCCC(O)COC(=O)C=C)cc3)c(O)c2)cc1. The van der Waals surface area contributed by atoms with E-state index in [2.05, 4.69) is 13.2 Å². The van der Waals surface area contributed by atoms with Crippen molar-refractivity contribution in [2.24, 2.45) is 0 Å². The Kier molecular flexibility index (Phi) is 19.6. The molecule has 3 aromatic carbocycles. The lowest BCUT2D eigenvalue weighted by molar-refractivity contribution is -0.141. The first-order valence-electron chi connectivity index (χ1n) is 18.3. The van der Waals surface area contributed by atoms with E-state index < -0.39 is 41.8 Å². The van der Waals surface area contributed by atoms with Crippen molar-refractivity contribution in [1.29, 1.82) is 0 Å². The van der Waals surface area contributed by atoms with Crippen molar-refractivity contribution in [3.05, 3.63) is 103 Å². The number of phenolic OH excluding ortho intramolecular Hbond substituents is 1. The molecule has 13 nitrogen and oxygen atoms in total. The fourth-order valence-corrected chi connectivity index (χ4v) is 5.04. The molecule has 3 N–H and O–H groups in total. The maximum absolute atomic E-state index is 12.7. The summed E-state index contributed by atoms with van der Waals surface area (Å²) in [4.78, 5) is 47.5.